The van der Waals surface area contributed by atoms with Crippen LogP contribution >= 0.6 is 23.2 Å². The molecule has 2 aliphatic rings. The van der Waals surface area contributed by atoms with Gasteiger partial charge in [0, 0.05) is 24.7 Å². The van der Waals surface area contributed by atoms with Gasteiger partial charge in [0.05, 0.1) is 29.5 Å². The van der Waals surface area contributed by atoms with E-state index in [1.165, 1.54) is 29.7 Å². The van der Waals surface area contributed by atoms with Crippen LogP contribution in [-0.4, -0.2) is 47.9 Å². The number of aromatic nitrogens is 2. The Kier molecular flexibility index (Phi) is 5.32. The summed E-state index contributed by atoms with van der Waals surface area (Å²) in [6.45, 7) is 4.96. The highest BCUT2D eigenvalue weighted by atomic mass is 35.5. The molecule has 1 aliphatic heterocycles. The Bertz CT molecular complexity index is 727. The molecule has 4 nitrogen and oxygen atoms in total. The summed E-state index contributed by atoms with van der Waals surface area (Å²) in [5.74, 6) is 0.905. The third-order valence-corrected chi connectivity index (χ3v) is 6.27. The molecule has 0 spiro atoms. The smallest absolute Gasteiger partial charge is 0.0595 e. The lowest BCUT2D eigenvalue weighted by Gasteiger charge is -2.32. The van der Waals surface area contributed by atoms with E-state index in [4.69, 9.17) is 27.9 Å². The second kappa shape index (κ2) is 7.67. The van der Waals surface area contributed by atoms with E-state index in [0.29, 0.717) is 21.9 Å². The maximum Gasteiger partial charge on any atom is 0.0595 e. The molecule has 0 radical (unpaired) electrons. The van der Waals surface area contributed by atoms with Crippen LogP contribution in [0.5, 0.6) is 0 Å². The quantitative estimate of drug-likeness (QED) is 0.852. The third kappa shape index (κ3) is 3.72. The lowest BCUT2D eigenvalue weighted by molar-refractivity contribution is 0.0363. The SMILES string of the molecule is Clc1ccc(C2CCC(CCN3CCOCC3)c3cn[nH]c32)cc1Cl. The lowest BCUT2D eigenvalue weighted by atomic mass is 9.76. The largest absolute Gasteiger partial charge is 0.379 e. The number of hydrogen-bond acceptors (Lipinski definition) is 3. The molecule has 2 unspecified atom stereocenters. The van der Waals surface area contributed by atoms with Gasteiger partial charge in [-0.3, -0.25) is 10.00 Å². The summed E-state index contributed by atoms with van der Waals surface area (Å²) < 4.78 is 5.44. The number of aromatic amines is 1. The summed E-state index contributed by atoms with van der Waals surface area (Å²) in [5.41, 5.74) is 3.83. The first-order chi connectivity index (χ1) is 12.2. The Labute approximate surface area is 158 Å². The van der Waals surface area contributed by atoms with Crippen molar-refractivity contribution in [3.63, 3.8) is 0 Å². The summed E-state index contributed by atoms with van der Waals surface area (Å²) in [7, 11) is 0. The number of morpholine rings is 1. The van der Waals surface area contributed by atoms with Gasteiger partial charge in [0.1, 0.15) is 0 Å². The second-order valence-corrected chi connectivity index (χ2v) is 7.80. The van der Waals surface area contributed by atoms with E-state index in [-0.39, 0.29) is 0 Å². The zero-order chi connectivity index (χ0) is 17.2. The third-order valence-electron chi connectivity index (χ3n) is 5.54. The molecule has 1 aromatic heterocycles. The number of fused-ring (bicyclic) bond motifs is 1. The minimum Gasteiger partial charge on any atom is -0.379 e. The highest BCUT2D eigenvalue weighted by Gasteiger charge is 2.30. The fourth-order valence-electron chi connectivity index (χ4n) is 4.10. The minimum atomic E-state index is 0.326. The molecule has 2 aromatic rings. The number of hydrogen-bond donors (Lipinski definition) is 1. The van der Waals surface area contributed by atoms with Gasteiger partial charge in [-0.15, -0.1) is 0 Å². The highest BCUT2D eigenvalue weighted by molar-refractivity contribution is 6.42. The molecule has 2 atom stereocenters. The highest BCUT2D eigenvalue weighted by Crippen LogP contribution is 2.43. The van der Waals surface area contributed by atoms with E-state index in [1.54, 1.807) is 0 Å². The normalized spacial score (nSPS) is 24.2. The predicted octanol–water partition coefficient (Wildman–Crippen LogP) is 4.45. The standard InChI is InChI=1S/C19H23Cl2N3O/c20-17-4-2-14(11-18(17)21)15-3-1-13(16-12-22-23-19(15)16)5-6-24-7-9-25-10-8-24/h2,4,11-13,15H,1,3,5-10H2,(H,22,23). The van der Waals surface area contributed by atoms with Crippen molar-refractivity contribution >= 4 is 23.2 Å². The van der Waals surface area contributed by atoms with Crippen LogP contribution in [0.25, 0.3) is 0 Å². The molecular weight excluding hydrogens is 357 g/mol. The topological polar surface area (TPSA) is 41.1 Å². The average Bonchev–Trinajstić information content (AvgIpc) is 3.13. The Morgan fingerprint density at radius 1 is 1.16 bits per heavy atom. The molecule has 1 fully saturated rings. The number of benzene rings is 1. The molecule has 2 heterocycles. The summed E-state index contributed by atoms with van der Waals surface area (Å²) in [6, 6.07) is 5.96. The Morgan fingerprint density at radius 2 is 2.00 bits per heavy atom. The molecule has 1 aliphatic carbocycles. The Morgan fingerprint density at radius 3 is 2.80 bits per heavy atom. The summed E-state index contributed by atoms with van der Waals surface area (Å²) in [6.07, 6.45) is 5.49. The predicted molar refractivity (Wildman–Crippen MR) is 101 cm³/mol. The van der Waals surface area contributed by atoms with Crippen molar-refractivity contribution < 1.29 is 4.74 Å². The van der Waals surface area contributed by atoms with Crippen LogP contribution < -0.4 is 0 Å². The number of halogens is 2. The van der Waals surface area contributed by atoms with Crippen molar-refractivity contribution in [3.8, 4) is 0 Å². The molecule has 134 valence electrons. The number of ether oxygens (including phenoxy) is 1. The van der Waals surface area contributed by atoms with Crippen LogP contribution in [0.15, 0.2) is 24.4 Å². The number of nitrogens with zero attached hydrogens (tertiary/aromatic N) is 2. The zero-order valence-corrected chi connectivity index (χ0v) is 15.7. The summed E-state index contributed by atoms with van der Waals surface area (Å²) >= 11 is 12.3. The second-order valence-electron chi connectivity index (χ2n) is 6.98. The van der Waals surface area contributed by atoms with Gasteiger partial charge in [-0.05, 0) is 55.0 Å². The first kappa shape index (κ1) is 17.3. The fraction of sp³-hybridized carbons (Fsp3) is 0.526. The van der Waals surface area contributed by atoms with E-state index in [0.717, 1.165) is 39.3 Å². The zero-order valence-electron chi connectivity index (χ0n) is 14.2. The minimum absolute atomic E-state index is 0.326. The van der Waals surface area contributed by atoms with Gasteiger partial charge in [0.15, 0.2) is 0 Å². The molecule has 6 heteroatoms. The van der Waals surface area contributed by atoms with Gasteiger partial charge < -0.3 is 4.74 Å². The van der Waals surface area contributed by atoms with Crippen molar-refractivity contribution in [1.29, 1.82) is 0 Å². The maximum atomic E-state index is 6.22. The molecule has 0 bridgehead atoms. The van der Waals surface area contributed by atoms with Gasteiger partial charge in [0.2, 0.25) is 0 Å². The van der Waals surface area contributed by atoms with E-state index in [1.807, 2.05) is 18.3 Å². The molecule has 0 amide bonds. The molecule has 25 heavy (non-hydrogen) atoms. The van der Waals surface area contributed by atoms with E-state index in [2.05, 4.69) is 21.2 Å². The molecule has 0 saturated carbocycles. The van der Waals surface area contributed by atoms with Crippen molar-refractivity contribution in [3.05, 3.63) is 51.3 Å². The molecule has 1 N–H and O–H groups in total. The van der Waals surface area contributed by atoms with Crippen LogP contribution in [0.3, 0.4) is 0 Å². The van der Waals surface area contributed by atoms with Crippen molar-refractivity contribution in [2.75, 3.05) is 32.8 Å². The van der Waals surface area contributed by atoms with Crippen LogP contribution in [0.4, 0.5) is 0 Å². The maximum absolute atomic E-state index is 6.22. The average molecular weight is 380 g/mol. The van der Waals surface area contributed by atoms with Gasteiger partial charge in [0.25, 0.3) is 0 Å². The fourth-order valence-corrected chi connectivity index (χ4v) is 4.41. The molecule has 1 saturated heterocycles. The van der Waals surface area contributed by atoms with Crippen LogP contribution in [0, 0.1) is 0 Å². The lowest BCUT2D eigenvalue weighted by Crippen LogP contribution is -2.37. The Hall–Kier alpha value is -1.07. The van der Waals surface area contributed by atoms with E-state index in [9.17, 15) is 0 Å². The monoisotopic (exact) mass is 379 g/mol. The van der Waals surface area contributed by atoms with E-state index >= 15 is 0 Å². The number of rotatable bonds is 4. The number of nitrogens with one attached hydrogen (secondary N) is 1. The van der Waals surface area contributed by atoms with Crippen molar-refractivity contribution in [2.24, 2.45) is 0 Å². The van der Waals surface area contributed by atoms with Crippen molar-refractivity contribution in [1.82, 2.24) is 15.1 Å². The molecule has 1 aromatic carbocycles. The van der Waals surface area contributed by atoms with Crippen LogP contribution in [0.1, 0.15) is 47.9 Å². The van der Waals surface area contributed by atoms with Gasteiger partial charge in [-0.25, -0.2) is 0 Å². The first-order valence-corrected chi connectivity index (χ1v) is 9.76. The van der Waals surface area contributed by atoms with Gasteiger partial charge in [-0.2, -0.15) is 5.10 Å². The van der Waals surface area contributed by atoms with Crippen LogP contribution in [-0.2, 0) is 4.74 Å². The van der Waals surface area contributed by atoms with Crippen LogP contribution in [0.2, 0.25) is 10.0 Å². The van der Waals surface area contributed by atoms with Gasteiger partial charge in [-0.1, -0.05) is 29.3 Å². The number of H-pyrrole nitrogens is 1. The molecular formula is C19H23Cl2N3O. The van der Waals surface area contributed by atoms with Gasteiger partial charge >= 0.3 is 0 Å². The summed E-state index contributed by atoms with van der Waals surface area (Å²) in [4.78, 5) is 2.51. The molecule has 4 rings (SSSR count). The van der Waals surface area contributed by atoms with Crippen molar-refractivity contribution in [2.45, 2.75) is 31.1 Å². The first-order valence-electron chi connectivity index (χ1n) is 9.00. The Balaban J connectivity index is 1.49. The van der Waals surface area contributed by atoms with E-state index < -0.39 is 0 Å². The summed E-state index contributed by atoms with van der Waals surface area (Å²) in [5, 5.41) is 8.82.